The summed E-state index contributed by atoms with van der Waals surface area (Å²) < 4.78 is 27.1. The van der Waals surface area contributed by atoms with Crippen molar-refractivity contribution in [3.05, 3.63) is 11.8 Å². The van der Waals surface area contributed by atoms with E-state index in [1.807, 2.05) is 0 Å². The molecule has 0 saturated heterocycles. The predicted molar refractivity (Wildman–Crippen MR) is 82.4 cm³/mol. The second kappa shape index (κ2) is 7.38. The molecule has 0 atom stereocenters. The third-order valence-corrected chi connectivity index (χ3v) is 6.07. The zero-order chi connectivity index (χ0) is 15.3. The normalized spacial score (nSPS) is 17.5. The van der Waals surface area contributed by atoms with E-state index >= 15 is 0 Å². The summed E-state index contributed by atoms with van der Waals surface area (Å²) in [5.41, 5.74) is 0.714. The van der Waals surface area contributed by atoms with Gasteiger partial charge in [0, 0.05) is 25.2 Å². The Balaban J connectivity index is 2.13. The fraction of sp³-hybridized carbons (Fsp3) is 0.786. The lowest BCUT2D eigenvalue weighted by Gasteiger charge is -2.30. The van der Waals surface area contributed by atoms with Crippen LogP contribution in [-0.4, -0.2) is 42.6 Å². The summed E-state index contributed by atoms with van der Waals surface area (Å²) >= 11 is 0. The van der Waals surface area contributed by atoms with Crippen molar-refractivity contribution in [2.75, 3.05) is 13.6 Å². The van der Waals surface area contributed by atoms with Gasteiger partial charge in [-0.2, -0.15) is 9.40 Å². The molecule has 0 radical (unpaired) electrons. The maximum Gasteiger partial charge on any atom is 0.260 e. The molecule has 2 N–H and O–H groups in total. The molecule has 120 valence electrons. The van der Waals surface area contributed by atoms with Crippen LogP contribution in [-0.2, 0) is 16.6 Å². The van der Waals surface area contributed by atoms with Crippen LogP contribution >= 0.6 is 0 Å². The van der Waals surface area contributed by atoms with Crippen molar-refractivity contribution in [2.45, 2.75) is 63.1 Å². The van der Waals surface area contributed by atoms with Crippen LogP contribution in [0.2, 0.25) is 0 Å². The molecule has 0 spiro atoms. The topological polar surface area (TPSA) is 78.1 Å². The maximum atomic E-state index is 12.8. The Labute approximate surface area is 127 Å². The SMILES string of the molecule is CCCNCc1cn[nH]c1S(=O)(=O)N(C)C1CCCCC1. The number of sulfonamides is 1. The number of aromatic nitrogens is 2. The molecular formula is C14H26N4O2S. The molecule has 1 heterocycles. The van der Waals surface area contributed by atoms with Gasteiger partial charge in [0.05, 0.1) is 6.20 Å². The average molecular weight is 314 g/mol. The Morgan fingerprint density at radius 1 is 1.38 bits per heavy atom. The molecule has 1 saturated carbocycles. The quantitative estimate of drug-likeness (QED) is 0.753. The van der Waals surface area contributed by atoms with E-state index in [1.165, 1.54) is 10.7 Å². The molecule has 0 bridgehead atoms. The van der Waals surface area contributed by atoms with Gasteiger partial charge in [-0.25, -0.2) is 8.42 Å². The highest BCUT2D eigenvalue weighted by molar-refractivity contribution is 7.89. The Morgan fingerprint density at radius 2 is 2.10 bits per heavy atom. The lowest BCUT2D eigenvalue weighted by Crippen LogP contribution is -2.38. The van der Waals surface area contributed by atoms with Crippen molar-refractivity contribution < 1.29 is 8.42 Å². The van der Waals surface area contributed by atoms with Gasteiger partial charge in [-0.3, -0.25) is 5.10 Å². The molecule has 1 aliphatic rings. The van der Waals surface area contributed by atoms with E-state index in [4.69, 9.17) is 0 Å². The zero-order valence-corrected chi connectivity index (χ0v) is 13.7. The van der Waals surface area contributed by atoms with Crippen LogP contribution in [0.1, 0.15) is 51.0 Å². The number of rotatable bonds is 7. The first-order valence-corrected chi connectivity index (χ1v) is 9.22. The second-order valence-electron chi connectivity index (χ2n) is 5.71. The molecule has 6 nitrogen and oxygen atoms in total. The van der Waals surface area contributed by atoms with Crippen LogP contribution in [0.4, 0.5) is 0 Å². The molecule has 0 unspecified atom stereocenters. The first-order valence-electron chi connectivity index (χ1n) is 7.78. The van der Waals surface area contributed by atoms with Crippen molar-refractivity contribution in [1.82, 2.24) is 19.8 Å². The Kier molecular flexibility index (Phi) is 5.78. The Hall–Kier alpha value is -0.920. The molecule has 21 heavy (non-hydrogen) atoms. The van der Waals surface area contributed by atoms with Crippen LogP contribution in [0.5, 0.6) is 0 Å². The zero-order valence-electron chi connectivity index (χ0n) is 12.9. The minimum atomic E-state index is -3.49. The van der Waals surface area contributed by atoms with Crippen molar-refractivity contribution in [1.29, 1.82) is 0 Å². The molecule has 0 aliphatic heterocycles. The lowest BCUT2D eigenvalue weighted by molar-refractivity contribution is 0.285. The van der Waals surface area contributed by atoms with Gasteiger partial charge in [-0.05, 0) is 25.8 Å². The second-order valence-corrected chi connectivity index (χ2v) is 7.65. The van der Waals surface area contributed by atoms with Gasteiger partial charge in [0.2, 0.25) is 0 Å². The molecule has 7 heteroatoms. The van der Waals surface area contributed by atoms with E-state index in [9.17, 15) is 8.42 Å². The van der Waals surface area contributed by atoms with Crippen LogP contribution in [0.15, 0.2) is 11.2 Å². The summed E-state index contributed by atoms with van der Waals surface area (Å²) in [4.78, 5) is 0. The number of nitrogens with zero attached hydrogens (tertiary/aromatic N) is 2. The Morgan fingerprint density at radius 3 is 2.76 bits per heavy atom. The average Bonchev–Trinajstić information content (AvgIpc) is 2.97. The van der Waals surface area contributed by atoms with Gasteiger partial charge in [0.1, 0.15) is 0 Å². The third-order valence-electron chi connectivity index (χ3n) is 4.15. The van der Waals surface area contributed by atoms with Crippen molar-refractivity contribution in [3.63, 3.8) is 0 Å². The summed E-state index contributed by atoms with van der Waals surface area (Å²) in [5, 5.41) is 10.1. The molecule has 1 aromatic rings. The van der Waals surface area contributed by atoms with Gasteiger partial charge >= 0.3 is 0 Å². The van der Waals surface area contributed by atoms with Crippen molar-refractivity contribution in [3.8, 4) is 0 Å². The molecule has 0 amide bonds. The summed E-state index contributed by atoms with van der Waals surface area (Å²) in [6.45, 7) is 3.47. The van der Waals surface area contributed by atoms with Crippen LogP contribution in [0.25, 0.3) is 0 Å². The molecule has 1 aliphatic carbocycles. The van der Waals surface area contributed by atoms with E-state index in [-0.39, 0.29) is 11.1 Å². The van der Waals surface area contributed by atoms with Gasteiger partial charge < -0.3 is 5.32 Å². The largest absolute Gasteiger partial charge is 0.313 e. The minimum Gasteiger partial charge on any atom is -0.313 e. The van der Waals surface area contributed by atoms with Crippen molar-refractivity contribution in [2.24, 2.45) is 0 Å². The van der Waals surface area contributed by atoms with Gasteiger partial charge in [0.25, 0.3) is 10.0 Å². The van der Waals surface area contributed by atoms with E-state index < -0.39 is 10.0 Å². The maximum absolute atomic E-state index is 12.8. The van der Waals surface area contributed by atoms with E-state index in [1.54, 1.807) is 13.2 Å². The molecule has 1 aromatic heterocycles. The van der Waals surface area contributed by atoms with Gasteiger partial charge in [0.15, 0.2) is 5.03 Å². The standard InChI is InChI=1S/C14H26N4O2S/c1-3-9-15-10-12-11-16-17-14(12)21(19,20)18(2)13-7-5-4-6-8-13/h11,13,15H,3-10H2,1-2H3,(H,16,17). The van der Waals surface area contributed by atoms with Crippen molar-refractivity contribution >= 4 is 10.0 Å². The fourth-order valence-electron chi connectivity index (χ4n) is 2.83. The fourth-order valence-corrected chi connectivity index (χ4v) is 4.35. The summed E-state index contributed by atoms with van der Waals surface area (Å²) in [7, 11) is -1.80. The highest BCUT2D eigenvalue weighted by Gasteiger charge is 2.31. The number of H-pyrrole nitrogens is 1. The molecular weight excluding hydrogens is 288 g/mol. The summed E-state index contributed by atoms with van der Waals surface area (Å²) in [5.74, 6) is 0. The number of aromatic amines is 1. The molecule has 2 rings (SSSR count). The van der Waals surface area contributed by atoms with Crippen LogP contribution in [0, 0.1) is 0 Å². The smallest absolute Gasteiger partial charge is 0.260 e. The summed E-state index contributed by atoms with van der Waals surface area (Å²) in [6, 6.07) is 0.114. The van der Waals surface area contributed by atoms with E-state index in [0.717, 1.165) is 38.6 Å². The number of hydrogen-bond acceptors (Lipinski definition) is 4. The van der Waals surface area contributed by atoms with E-state index in [2.05, 4.69) is 22.4 Å². The van der Waals surface area contributed by atoms with E-state index in [0.29, 0.717) is 12.1 Å². The highest BCUT2D eigenvalue weighted by Crippen LogP contribution is 2.26. The minimum absolute atomic E-state index is 0.114. The van der Waals surface area contributed by atoms with Gasteiger partial charge in [-0.1, -0.05) is 26.2 Å². The summed E-state index contributed by atoms with van der Waals surface area (Å²) in [6.07, 6.45) is 7.95. The molecule has 0 aromatic carbocycles. The first-order chi connectivity index (χ1) is 10.1. The first kappa shape index (κ1) is 16.5. The van der Waals surface area contributed by atoms with Crippen LogP contribution in [0.3, 0.4) is 0 Å². The molecule has 1 fully saturated rings. The monoisotopic (exact) mass is 314 g/mol. The third kappa shape index (κ3) is 3.84. The van der Waals surface area contributed by atoms with Crippen LogP contribution < -0.4 is 5.32 Å². The van der Waals surface area contributed by atoms with Gasteiger partial charge in [-0.15, -0.1) is 0 Å². The number of nitrogens with one attached hydrogen (secondary N) is 2. The highest BCUT2D eigenvalue weighted by atomic mass is 32.2. The Bertz CT molecular complexity index is 535. The predicted octanol–water partition coefficient (Wildman–Crippen LogP) is 1.86. The number of hydrogen-bond donors (Lipinski definition) is 2. The lowest BCUT2D eigenvalue weighted by atomic mass is 9.96.